The first kappa shape index (κ1) is 18.6. The molecule has 0 radical (unpaired) electrons. The van der Waals surface area contributed by atoms with Crippen molar-refractivity contribution in [2.75, 3.05) is 13.2 Å². The van der Waals surface area contributed by atoms with Crippen LogP contribution in [0.1, 0.15) is 59.8 Å². The molecule has 5 unspecified atom stereocenters. The molecule has 3 fully saturated rings. The van der Waals surface area contributed by atoms with Crippen molar-refractivity contribution in [1.29, 1.82) is 0 Å². The zero-order valence-electron chi connectivity index (χ0n) is 15.7. The lowest BCUT2D eigenvalue weighted by Crippen LogP contribution is -2.37. The maximum atomic E-state index is 12.3. The predicted octanol–water partition coefficient (Wildman–Crippen LogP) is 2.62. The fourth-order valence-corrected chi connectivity index (χ4v) is 3.68. The number of epoxide rings is 1. The first-order valence-corrected chi connectivity index (χ1v) is 9.37. The van der Waals surface area contributed by atoms with Crippen molar-refractivity contribution in [3.05, 3.63) is 0 Å². The molecule has 1 saturated carbocycles. The zero-order chi connectivity index (χ0) is 18.2. The lowest BCUT2D eigenvalue weighted by molar-refractivity contribution is -0.172. The van der Waals surface area contributed by atoms with Crippen molar-refractivity contribution in [3.63, 3.8) is 0 Å². The Balaban J connectivity index is 1.37. The van der Waals surface area contributed by atoms with Gasteiger partial charge in [0.05, 0.1) is 36.4 Å². The number of hydrogen-bond acceptors (Lipinski definition) is 6. The van der Waals surface area contributed by atoms with Crippen LogP contribution in [0.3, 0.4) is 0 Å². The highest BCUT2D eigenvalue weighted by atomic mass is 16.6. The molecule has 0 aromatic carbocycles. The van der Waals surface area contributed by atoms with Gasteiger partial charge in [0.1, 0.15) is 0 Å². The molecular weight excluding hydrogens is 324 g/mol. The number of carbonyl (C=O) groups is 2. The Labute approximate surface area is 149 Å². The van der Waals surface area contributed by atoms with E-state index in [2.05, 4.69) is 20.8 Å². The minimum atomic E-state index is -0.873. The van der Waals surface area contributed by atoms with Crippen molar-refractivity contribution < 1.29 is 28.5 Å². The normalized spacial score (nSPS) is 37.5. The van der Waals surface area contributed by atoms with Crippen LogP contribution in [-0.2, 0) is 28.5 Å². The molecule has 3 rings (SSSR count). The highest BCUT2D eigenvalue weighted by molar-refractivity contribution is 5.80. The molecule has 3 aliphatic rings. The van der Waals surface area contributed by atoms with E-state index in [0.29, 0.717) is 19.6 Å². The Morgan fingerprint density at radius 2 is 1.96 bits per heavy atom. The largest absolute Gasteiger partial charge is 0.463 e. The molecule has 1 aliphatic carbocycles. The van der Waals surface area contributed by atoms with Crippen LogP contribution in [0.25, 0.3) is 0 Å². The second-order valence-electron chi connectivity index (χ2n) is 8.58. The van der Waals surface area contributed by atoms with E-state index in [1.54, 1.807) is 6.92 Å². The van der Waals surface area contributed by atoms with Crippen molar-refractivity contribution in [2.24, 2.45) is 11.8 Å². The lowest BCUT2D eigenvalue weighted by atomic mass is 9.83. The Hall–Kier alpha value is -1.14. The molecule has 0 aromatic rings. The van der Waals surface area contributed by atoms with Crippen LogP contribution in [-0.4, -0.2) is 48.6 Å². The van der Waals surface area contributed by atoms with E-state index >= 15 is 0 Å². The highest BCUT2D eigenvalue weighted by Crippen LogP contribution is 2.49. The van der Waals surface area contributed by atoms with Gasteiger partial charge in [0.15, 0.2) is 6.10 Å². The number of ether oxygens (including phenoxy) is 4. The van der Waals surface area contributed by atoms with E-state index in [4.69, 9.17) is 18.9 Å². The Morgan fingerprint density at radius 3 is 2.60 bits per heavy atom. The van der Waals surface area contributed by atoms with Crippen LogP contribution in [0, 0.1) is 11.8 Å². The number of carbonyl (C=O) groups excluding carboxylic acids is 2. The Morgan fingerprint density at radius 1 is 1.20 bits per heavy atom. The van der Waals surface area contributed by atoms with Crippen molar-refractivity contribution in [3.8, 4) is 0 Å². The van der Waals surface area contributed by atoms with Crippen LogP contribution in [0.15, 0.2) is 0 Å². The third-order valence-corrected chi connectivity index (χ3v) is 5.81. The molecule has 2 heterocycles. The molecule has 2 saturated heterocycles. The molecule has 142 valence electrons. The number of esters is 2. The summed E-state index contributed by atoms with van der Waals surface area (Å²) in [5, 5.41) is 0. The highest BCUT2D eigenvalue weighted by Gasteiger charge is 2.56. The standard InChI is InChI=1S/C19H30O6/c1-12(16(20)22-10-13-5-7-18(2,3)23-11-13)24-17(21)14-6-8-19(4)15(9-14)25-19/h12-15H,5-11H2,1-4H3. The molecular formula is C19H30O6. The molecule has 2 aliphatic heterocycles. The van der Waals surface area contributed by atoms with E-state index in [9.17, 15) is 9.59 Å². The zero-order valence-corrected chi connectivity index (χ0v) is 15.7. The summed E-state index contributed by atoms with van der Waals surface area (Å²) in [5.41, 5.74) is -0.122. The fourth-order valence-electron chi connectivity index (χ4n) is 3.68. The Kier molecular flexibility index (Phi) is 5.13. The summed E-state index contributed by atoms with van der Waals surface area (Å²) in [6.45, 7) is 8.69. The van der Waals surface area contributed by atoms with Gasteiger partial charge >= 0.3 is 11.9 Å². The van der Waals surface area contributed by atoms with Gasteiger partial charge in [-0.3, -0.25) is 4.79 Å². The molecule has 0 aromatic heterocycles. The van der Waals surface area contributed by atoms with Gasteiger partial charge in [0.25, 0.3) is 0 Å². The van der Waals surface area contributed by atoms with Gasteiger partial charge < -0.3 is 18.9 Å². The quantitative estimate of drug-likeness (QED) is 0.558. The summed E-state index contributed by atoms with van der Waals surface area (Å²) in [6, 6.07) is 0. The molecule has 25 heavy (non-hydrogen) atoms. The van der Waals surface area contributed by atoms with Gasteiger partial charge in [-0.2, -0.15) is 0 Å². The average Bonchev–Trinajstić information content (AvgIpc) is 3.23. The number of hydrogen-bond donors (Lipinski definition) is 0. The molecule has 6 nitrogen and oxygen atoms in total. The monoisotopic (exact) mass is 354 g/mol. The summed E-state index contributed by atoms with van der Waals surface area (Å²) >= 11 is 0. The van der Waals surface area contributed by atoms with Crippen LogP contribution >= 0.6 is 0 Å². The third kappa shape index (κ3) is 4.53. The van der Waals surface area contributed by atoms with Gasteiger partial charge in [-0.1, -0.05) is 0 Å². The molecule has 6 heteroatoms. The molecule has 0 N–H and O–H groups in total. The van der Waals surface area contributed by atoms with Gasteiger partial charge in [-0.05, 0) is 59.8 Å². The summed E-state index contributed by atoms with van der Waals surface area (Å²) in [4.78, 5) is 24.3. The third-order valence-electron chi connectivity index (χ3n) is 5.81. The molecule has 0 amide bonds. The summed E-state index contributed by atoms with van der Waals surface area (Å²) in [7, 11) is 0. The minimum Gasteiger partial charge on any atom is -0.463 e. The molecule has 5 atom stereocenters. The number of fused-ring (bicyclic) bond motifs is 1. The predicted molar refractivity (Wildman–Crippen MR) is 89.9 cm³/mol. The van der Waals surface area contributed by atoms with Crippen LogP contribution < -0.4 is 0 Å². The van der Waals surface area contributed by atoms with Crippen molar-refractivity contribution in [1.82, 2.24) is 0 Å². The van der Waals surface area contributed by atoms with Crippen LogP contribution in [0.4, 0.5) is 0 Å². The smallest absolute Gasteiger partial charge is 0.347 e. The van der Waals surface area contributed by atoms with Gasteiger partial charge in [-0.15, -0.1) is 0 Å². The van der Waals surface area contributed by atoms with E-state index in [-0.39, 0.29) is 35.1 Å². The van der Waals surface area contributed by atoms with E-state index in [0.717, 1.165) is 25.7 Å². The number of rotatable bonds is 5. The van der Waals surface area contributed by atoms with Gasteiger partial charge in [0.2, 0.25) is 0 Å². The lowest BCUT2D eigenvalue weighted by Gasteiger charge is -2.34. The summed E-state index contributed by atoms with van der Waals surface area (Å²) < 4.78 is 22.0. The van der Waals surface area contributed by atoms with E-state index in [1.165, 1.54) is 0 Å². The first-order chi connectivity index (χ1) is 11.7. The second kappa shape index (κ2) is 6.88. The summed E-state index contributed by atoms with van der Waals surface area (Å²) in [5.74, 6) is -0.765. The van der Waals surface area contributed by atoms with Gasteiger partial charge in [-0.25, -0.2) is 4.79 Å². The van der Waals surface area contributed by atoms with E-state index < -0.39 is 12.1 Å². The van der Waals surface area contributed by atoms with Crippen molar-refractivity contribution in [2.45, 2.75) is 83.2 Å². The van der Waals surface area contributed by atoms with Crippen LogP contribution in [0.2, 0.25) is 0 Å². The second-order valence-corrected chi connectivity index (χ2v) is 8.58. The minimum absolute atomic E-state index is 0.0298. The topological polar surface area (TPSA) is 74.4 Å². The SMILES string of the molecule is CC(OC(=O)C1CCC2(C)OC2C1)C(=O)OCC1CCC(C)(C)OC1. The maximum absolute atomic E-state index is 12.3. The first-order valence-electron chi connectivity index (χ1n) is 9.37. The maximum Gasteiger partial charge on any atom is 0.347 e. The fraction of sp³-hybridized carbons (Fsp3) is 0.895. The van der Waals surface area contributed by atoms with E-state index in [1.807, 2.05) is 0 Å². The van der Waals surface area contributed by atoms with Gasteiger partial charge in [0, 0.05) is 5.92 Å². The molecule has 0 bridgehead atoms. The van der Waals surface area contributed by atoms with Crippen molar-refractivity contribution >= 4 is 11.9 Å². The molecule has 0 spiro atoms. The average molecular weight is 354 g/mol. The van der Waals surface area contributed by atoms with Crippen LogP contribution in [0.5, 0.6) is 0 Å². The summed E-state index contributed by atoms with van der Waals surface area (Å²) in [6.07, 6.45) is 3.52. The Bertz CT molecular complexity index is 520.